The fourth-order valence-electron chi connectivity index (χ4n) is 1.03. The van der Waals surface area contributed by atoms with Gasteiger partial charge in [0.25, 0.3) is 0 Å². The number of phenolic OH excluding ortho intramolecular Hbond substituents is 1. The van der Waals surface area contributed by atoms with Crippen LogP contribution in [0.1, 0.15) is 18.1 Å². The number of hydrogen-bond acceptors (Lipinski definition) is 2. The summed E-state index contributed by atoms with van der Waals surface area (Å²) in [5.74, 6) is 0.350. The predicted octanol–water partition coefficient (Wildman–Crippen LogP) is 2.55. The number of rotatable bonds is 1. The third kappa shape index (κ3) is 1.69. The van der Waals surface area contributed by atoms with E-state index in [9.17, 15) is 5.11 Å². The Morgan fingerprint density at radius 3 is 2.64 bits per heavy atom. The van der Waals surface area contributed by atoms with Gasteiger partial charge in [0.05, 0.1) is 0 Å². The quantitative estimate of drug-likeness (QED) is 0.617. The van der Waals surface area contributed by atoms with Gasteiger partial charge < -0.3 is 5.11 Å². The largest absolute Gasteiger partial charge is 0.508 e. The van der Waals surface area contributed by atoms with E-state index in [1.807, 2.05) is 19.9 Å². The van der Waals surface area contributed by atoms with Crippen LogP contribution in [-0.2, 0) is 6.42 Å². The lowest BCUT2D eigenvalue weighted by Crippen LogP contribution is -1.84. The second-order valence-corrected chi connectivity index (χ2v) is 3.10. The molecule has 0 atom stereocenters. The van der Waals surface area contributed by atoms with Gasteiger partial charge in [-0.25, -0.2) is 0 Å². The van der Waals surface area contributed by atoms with E-state index < -0.39 is 0 Å². The van der Waals surface area contributed by atoms with Crippen molar-refractivity contribution < 1.29 is 5.11 Å². The van der Waals surface area contributed by atoms with Crippen LogP contribution >= 0.6 is 12.6 Å². The van der Waals surface area contributed by atoms with Crippen LogP contribution in [0.15, 0.2) is 17.0 Å². The molecule has 0 aliphatic rings. The molecule has 1 aromatic rings. The molecule has 1 N–H and O–H groups in total. The highest BCUT2D eigenvalue weighted by atomic mass is 32.1. The molecule has 0 unspecified atom stereocenters. The number of aromatic hydroxyl groups is 1. The summed E-state index contributed by atoms with van der Waals surface area (Å²) in [7, 11) is 0. The first-order valence-electron chi connectivity index (χ1n) is 3.66. The second kappa shape index (κ2) is 3.18. The zero-order chi connectivity index (χ0) is 8.43. The van der Waals surface area contributed by atoms with E-state index in [4.69, 9.17) is 0 Å². The van der Waals surface area contributed by atoms with Crippen LogP contribution in [0, 0.1) is 6.92 Å². The minimum Gasteiger partial charge on any atom is -0.508 e. The van der Waals surface area contributed by atoms with Crippen LogP contribution in [-0.4, -0.2) is 5.11 Å². The van der Waals surface area contributed by atoms with Crippen LogP contribution < -0.4 is 0 Å². The van der Waals surface area contributed by atoms with E-state index in [2.05, 4.69) is 12.6 Å². The lowest BCUT2D eigenvalue weighted by Gasteiger charge is -2.04. The summed E-state index contributed by atoms with van der Waals surface area (Å²) < 4.78 is 0. The number of hydrogen-bond donors (Lipinski definition) is 2. The number of thiol groups is 1. The number of benzene rings is 1. The van der Waals surface area contributed by atoms with Crippen molar-refractivity contribution in [1.29, 1.82) is 0 Å². The van der Waals surface area contributed by atoms with Gasteiger partial charge in [-0.1, -0.05) is 13.0 Å². The molecule has 0 radical (unpaired) electrons. The van der Waals surface area contributed by atoms with E-state index >= 15 is 0 Å². The van der Waals surface area contributed by atoms with Crippen LogP contribution in [0.3, 0.4) is 0 Å². The first-order chi connectivity index (χ1) is 5.15. The van der Waals surface area contributed by atoms with Gasteiger partial charge in [0.1, 0.15) is 5.75 Å². The molecule has 0 aliphatic carbocycles. The molecule has 0 saturated heterocycles. The van der Waals surface area contributed by atoms with Crippen molar-refractivity contribution >= 4 is 12.6 Å². The SMILES string of the molecule is CCc1cc(C)c(S)cc1O. The summed E-state index contributed by atoms with van der Waals surface area (Å²) in [4.78, 5) is 0.847. The van der Waals surface area contributed by atoms with Gasteiger partial charge in [-0.15, -0.1) is 12.6 Å². The maximum absolute atomic E-state index is 9.37. The van der Waals surface area contributed by atoms with Gasteiger partial charge in [0.15, 0.2) is 0 Å². The van der Waals surface area contributed by atoms with Gasteiger partial charge in [-0.05, 0) is 30.5 Å². The first kappa shape index (κ1) is 8.47. The molecule has 0 heterocycles. The Bertz CT molecular complexity index is 269. The lowest BCUT2D eigenvalue weighted by atomic mass is 10.1. The fourth-order valence-corrected chi connectivity index (χ4v) is 1.22. The molecule has 2 heteroatoms. The summed E-state index contributed by atoms with van der Waals surface area (Å²) in [5.41, 5.74) is 2.10. The number of aryl methyl sites for hydroxylation is 2. The highest BCUT2D eigenvalue weighted by Crippen LogP contribution is 2.24. The summed E-state index contributed by atoms with van der Waals surface area (Å²) >= 11 is 4.19. The molecule has 0 amide bonds. The van der Waals surface area contributed by atoms with Gasteiger partial charge in [0.2, 0.25) is 0 Å². The minimum atomic E-state index is 0.350. The normalized spacial score (nSPS) is 10.1. The molecule has 1 nitrogen and oxygen atoms in total. The summed E-state index contributed by atoms with van der Waals surface area (Å²) in [6.07, 6.45) is 0.862. The lowest BCUT2D eigenvalue weighted by molar-refractivity contribution is 0.467. The Morgan fingerprint density at radius 1 is 1.45 bits per heavy atom. The van der Waals surface area contributed by atoms with E-state index in [1.165, 1.54) is 0 Å². The van der Waals surface area contributed by atoms with Gasteiger partial charge in [-0.2, -0.15) is 0 Å². The van der Waals surface area contributed by atoms with Crippen molar-refractivity contribution in [3.63, 3.8) is 0 Å². The minimum absolute atomic E-state index is 0.350. The third-order valence-corrected chi connectivity index (χ3v) is 2.26. The maximum atomic E-state index is 9.37. The van der Waals surface area contributed by atoms with Crippen molar-refractivity contribution in [2.75, 3.05) is 0 Å². The van der Waals surface area contributed by atoms with E-state index in [0.717, 1.165) is 22.4 Å². The molecule has 0 bridgehead atoms. The average Bonchev–Trinajstić information content (AvgIpc) is 1.97. The molecular formula is C9H12OS. The highest BCUT2D eigenvalue weighted by molar-refractivity contribution is 7.80. The molecule has 11 heavy (non-hydrogen) atoms. The summed E-state index contributed by atoms with van der Waals surface area (Å²) in [6.45, 7) is 4.01. The maximum Gasteiger partial charge on any atom is 0.119 e. The van der Waals surface area contributed by atoms with Crippen molar-refractivity contribution in [1.82, 2.24) is 0 Å². The predicted molar refractivity (Wildman–Crippen MR) is 49.5 cm³/mol. The first-order valence-corrected chi connectivity index (χ1v) is 4.11. The van der Waals surface area contributed by atoms with Crippen LogP contribution in [0.5, 0.6) is 5.75 Å². The molecule has 0 fully saturated rings. The molecule has 1 rings (SSSR count). The molecule has 0 aliphatic heterocycles. The summed E-state index contributed by atoms with van der Waals surface area (Å²) in [5, 5.41) is 9.37. The zero-order valence-electron chi connectivity index (χ0n) is 6.76. The van der Waals surface area contributed by atoms with Crippen molar-refractivity contribution in [2.24, 2.45) is 0 Å². The van der Waals surface area contributed by atoms with Crippen molar-refractivity contribution in [3.8, 4) is 5.75 Å². The van der Waals surface area contributed by atoms with E-state index in [0.29, 0.717) is 5.75 Å². The molecule has 1 aromatic carbocycles. The smallest absolute Gasteiger partial charge is 0.119 e. The van der Waals surface area contributed by atoms with Gasteiger partial charge >= 0.3 is 0 Å². The van der Waals surface area contributed by atoms with Crippen molar-refractivity contribution in [2.45, 2.75) is 25.2 Å². The highest BCUT2D eigenvalue weighted by Gasteiger charge is 2.01. The number of phenols is 1. The van der Waals surface area contributed by atoms with E-state index in [1.54, 1.807) is 6.07 Å². The van der Waals surface area contributed by atoms with Crippen LogP contribution in [0.2, 0.25) is 0 Å². The molecule has 60 valence electrons. The molecule has 0 saturated carbocycles. The zero-order valence-corrected chi connectivity index (χ0v) is 7.65. The van der Waals surface area contributed by atoms with Gasteiger partial charge in [-0.3, -0.25) is 0 Å². The Hall–Kier alpha value is -0.630. The Balaban J connectivity index is 3.21. The third-order valence-electron chi connectivity index (χ3n) is 1.78. The standard InChI is InChI=1S/C9H12OS/c1-3-7-4-6(2)9(11)5-8(7)10/h4-5,10-11H,3H2,1-2H3. The average molecular weight is 168 g/mol. The Kier molecular flexibility index (Phi) is 2.45. The van der Waals surface area contributed by atoms with Crippen LogP contribution in [0.25, 0.3) is 0 Å². The monoisotopic (exact) mass is 168 g/mol. The second-order valence-electron chi connectivity index (χ2n) is 2.62. The Labute approximate surface area is 72.5 Å². The molecular weight excluding hydrogens is 156 g/mol. The fraction of sp³-hybridized carbons (Fsp3) is 0.333. The van der Waals surface area contributed by atoms with Crippen molar-refractivity contribution in [3.05, 3.63) is 23.3 Å². The molecule has 0 aromatic heterocycles. The topological polar surface area (TPSA) is 20.2 Å². The summed E-state index contributed by atoms with van der Waals surface area (Å²) in [6, 6.07) is 3.66. The molecule has 0 spiro atoms. The van der Waals surface area contributed by atoms with E-state index in [-0.39, 0.29) is 0 Å². The Morgan fingerprint density at radius 2 is 2.09 bits per heavy atom. The van der Waals surface area contributed by atoms with Gasteiger partial charge in [0, 0.05) is 4.90 Å². The van der Waals surface area contributed by atoms with Crippen LogP contribution in [0.4, 0.5) is 0 Å².